The molecule has 1 aromatic carbocycles. The number of nitrogens with one attached hydrogen (secondary N) is 2. The van der Waals surface area contributed by atoms with E-state index in [-0.39, 0.29) is 12.6 Å². The zero-order valence-corrected chi connectivity index (χ0v) is 15.0. The smallest absolute Gasteiger partial charge is 0.317 e. The Hall–Kier alpha value is -2.67. The number of aromatic nitrogens is 2. The minimum absolute atomic E-state index is 0.0305. The van der Waals surface area contributed by atoms with E-state index in [1.807, 2.05) is 23.1 Å². The Morgan fingerprint density at radius 3 is 3.08 bits per heavy atom. The number of ether oxygens (including phenoxy) is 1. The van der Waals surface area contributed by atoms with Gasteiger partial charge in [0.15, 0.2) is 0 Å². The molecule has 1 saturated heterocycles. The quantitative estimate of drug-likeness (QED) is 0.713. The molecule has 2 aromatic heterocycles. The Balaban J connectivity index is 1.43. The van der Waals surface area contributed by atoms with Crippen molar-refractivity contribution in [2.75, 3.05) is 6.54 Å². The van der Waals surface area contributed by atoms with Gasteiger partial charge >= 0.3 is 6.03 Å². The first-order chi connectivity index (χ1) is 12.6. The van der Waals surface area contributed by atoms with Gasteiger partial charge in [0, 0.05) is 41.3 Å². The number of benzene rings is 1. The van der Waals surface area contributed by atoms with Crippen molar-refractivity contribution in [2.45, 2.75) is 32.5 Å². The van der Waals surface area contributed by atoms with E-state index < -0.39 is 0 Å². The lowest BCUT2D eigenvalue weighted by molar-refractivity contribution is 0.124. The summed E-state index contributed by atoms with van der Waals surface area (Å²) in [6.45, 7) is 3.58. The first-order valence-corrected chi connectivity index (χ1v) is 8.85. The van der Waals surface area contributed by atoms with Crippen molar-refractivity contribution >= 4 is 28.5 Å². The standard InChI is InChI=1S/C18H19ClN4O3/c1-11-2-4-23(11)18(24)20-9-14-6-12-7-15(19)17(8-16(12)21-14)25-10-13-3-5-26-22-13/h3,5-8,11,21H,2,4,9-10H2,1H3,(H,20,24). The molecule has 0 aliphatic carbocycles. The molecule has 0 radical (unpaired) electrons. The maximum Gasteiger partial charge on any atom is 0.317 e. The summed E-state index contributed by atoms with van der Waals surface area (Å²) < 4.78 is 10.5. The van der Waals surface area contributed by atoms with E-state index in [9.17, 15) is 4.79 Å². The lowest BCUT2D eigenvalue weighted by atomic mass is 10.1. The zero-order chi connectivity index (χ0) is 18.1. The van der Waals surface area contributed by atoms with E-state index in [1.54, 1.807) is 6.07 Å². The third-order valence-corrected chi connectivity index (χ3v) is 4.90. The van der Waals surface area contributed by atoms with Crippen molar-refractivity contribution < 1.29 is 14.1 Å². The number of hydrogen-bond acceptors (Lipinski definition) is 4. The van der Waals surface area contributed by atoms with E-state index in [2.05, 4.69) is 22.4 Å². The molecule has 1 fully saturated rings. The van der Waals surface area contributed by atoms with Crippen LogP contribution in [0.4, 0.5) is 4.79 Å². The molecule has 2 amide bonds. The molecule has 7 nitrogen and oxygen atoms in total. The third kappa shape index (κ3) is 3.35. The van der Waals surface area contributed by atoms with Gasteiger partial charge in [0.1, 0.15) is 24.3 Å². The summed E-state index contributed by atoms with van der Waals surface area (Å²) in [5.41, 5.74) is 2.49. The van der Waals surface area contributed by atoms with Gasteiger partial charge in [-0.15, -0.1) is 0 Å². The molecule has 136 valence electrons. The molecule has 1 atom stereocenters. The Morgan fingerprint density at radius 1 is 1.50 bits per heavy atom. The number of urea groups is 1. The molecule has 0 spiro atoms. The summed E-state index contributed by atoms with van der Waals surface area (Å²) in [6.07, 6.45) is 2.56. The number of carbonyl (C=O) groups excluding carboxylic acids is 1. The van der Waals surface area contributed by atoms with E-state index in [0.717, 1.165) is 29.6 Å². The van der Waals surface area contributed by atoms with Crippen LogP contribution >= 0.6 is 11.6 Å². The molecular weight excluding hydrogens is 356 g/mol. The topological polar surface area (TPSA) is 83.4 Å². The van der Waals surface area contributed by atoms with E-state index in [1.165, 1.54) is 6.26 Å². The van der Waals surface area contributed by atoms with E-state index >= 15 is 0 Å². The molecule has 1 aliphatic heterocycles. The highest BCUT2D eigenvalue weighted by Crippen LogP contribution is 2.31. The molecule has 3 heterocycles. The number of amides is 2. The molecule has 26 heavy (non-hydrogen) atoms. The summed E-state index contributed by atoms with van der Waals surface area (Å²) in [4.78, 5) is 17.2. The second kappa shape index (κ2) is 6.92. The predicted octanol–water partition coefficient (Wildman–Crippen LogP) is 3.69. The summed E-state index contributed by atoms with van der Waals surface area (Å²) in [6, 6.07) is 7.69. The van der Waals surface area contributed by atoms with Crippen molar-refractivity contribution in [1.29, 1.82) is 0 Å². The number of hydrogen-bond donors (Lipinski definition) is 2. The monoisotopic (exact) mass is 374 g/mol. The lowest BCUT2D eigenvalue weighted by Crippen LogP contribution is -2.53. The van der Waals surface area contributed by atoms with Crippen molar-refractivity contribution in [1.82, 2.24) is 20.4 Å². The highest BCUT2D eigenvalue weighted by molar-refractivity contribution is 6.32. The van der Waals surface area contributed by atoms with Crippen LogP contribution in [-0.4, -0.2) is 33.7 Å². The minimum Gasteiger partial charge on any atom is -0.486 e. The Bertz CT molecular complexity index is 922. The van der Waals surface area contributed by atoms with Gasteiger partial charge in [-0.2, -0.15) is 0 Å². The normalized spacial score (nSPS) is 16.5. The van der Waals surface area contributed by atoms with Gasteiger partial charge in [-0.1, -0.05) is 16.8 Å². The fraction of sp³-hybridized carbons (Fsp3) is 0.333. The van der Waals surface area contributed by atoms with Gasteiger partial charge in [-0.05, 0) is 25.5 Å². The van der Waals surface area contributed by atoms with Gasteiger partial charge in [0.05, 0.1) is 11.6 Å². The highest BCUT2D eigenvalue weighted by atomic mass is 35.5. The van der Waals surface area contributed by atoms with Crippen LogP contribution in [-0.2, 0) is 13.2 Å². The number of fused-ring (bicyclic) bond motifs is 1. The molecular formula is C18H19ClN4O3. The second-order valence-corrected chi connectivity index (χ2v) is 6.84. The summed E-state index contributed by atoms with van der Waals surface area (Å²) >= 11 is 6.31. The number of aromatic amines is 1. The van der Waals surface area contributed by atoms with Crippen molar-refractivity contribution in [3.8, 4) is 5.75 Å². The van der Waals surface area contributed by atoms with Crippen LogP contribution in [0.25, 0.3) is 10.9 Å². The molecule has 3 aromatic rings. The summed E-state index contributed by atoms with van der Waals surface area (Å²) in [7, 11) is 0. The number of likely N-dealkylation sites (tertiary alicyclic amines) is 1. The molecule has 4 rings (SSSR count). The molecule has 0 bridgehead atoms. The second-order valence-electron chi connectivity index (χ2n) is 6.43. The Kier molecular flexibility index (Phi) is 4.46. The number of nitrogens with zero attached hydrogens (tertiary/aromatic N) is 2. The SMILES string of the molecule is CC1CCN1C(=O)NCc1cc2cc(Cl)c(OCc3ccon3)cc2[nH]1. The van der Waals surface area contributed by atoms with E-state index in [0.29, 0.717) is 29.1 Å². The number of carbonyl (C=O) groups is 1. The van der Waals surface area contributed by atoms with Crippen LogP contribution in [0.3, 0.4) is 0 Å². The van der Waals surface area contributed by atoms with Crippen LogP contribution < -0.4 is 10.1 Å². The van der Waals surface area contributed by atoms with Crippen LogP contribution in [0.5, 0.6) is 5.75 Å². The van der Waals surface area contributed by atoms with Gasteiger partial charge in [0.25, 0.3) is 0 Å². The first kappa shape index (κ1) is 16.8. The first-order valence-electron chi connectivity index (χ1n) is 8.48. The van der Waals surface area contributed by atoms with E-state index in [4.69, 9.17) is 20.9 Å². The van der Waals surface area contributed by atoms with Gasteiger partial charge in [-0.3, -0.25) is 0 Å². The Morgan fingerprint density at radius 2 is 2.38 bits per heavy atom. The van der Waals surface area contributed by atoms with Crippen molar-refractivity contribution in [3.63, 3.8) is 0 Å². The number of H-pyrrole nitrogens is 1. The van der Waals surface area contributed by atoms with Gasteiger partial charge in [0.2, 0.25) is 0 Å². The van der Waals surface area contributed by atoms with Crippen LogP contribution in [0, 0.1) is 0 Å². The van der Waals surface area contributed by atoms with Crippen molar-refractivity contribution in [2.24, 2.45) is 0 Å². The summed E-state index contributed by atoms with van der Waals surface area (Å²) in [5, 5.41) is 8.22. The van der Waals surface area contributed by atoms with Crippen LogP contribution in [0.15, 0.2) is 35.1 Å². The number of rotatable bonds is 5. The molecule has 1 aliphatic rings. The summed E-state index contributed by atoms with van der Waals surface area (Å²) in [5.74, 6) is 0.564. The van der Waals surface area contributed by atoms with Crippen molar-refractivity contribution in [3.05, 3.63) is 46.9 Å². The molecule has 1 unspecified atom stereocenters. The minimum atomic E-state index is -0.0305. The van der Waals surface area contributed by atoms with Gasteiger partial charge < -0.3 is 24.5 Å². The molecule has 8 heteroatoms. The molecule has 0 saturated carbocycles. The third-order valence-electron chi connectivity index (χ3n) is 4.61. The average molecular weight is 375 g/mol. The largest absolute Gasteiger partial charge is 0.486 e. The lowest BCUT2D eigenvalue weighted by Gasteiger charge is -2.38. The fourth-order valence-corrected chi connectivity index (χ4v) is 3.18. The highest BCUT2D eigenvalue weighted by Gasteiger charge is 2.27. The number of halogens is 1. The maximum absolute atomic E-state index is 12.1. The zero-order valence-electron chi connectivity index (χ0n) is 14.3. The maximum atomic E-state index is 12.1. The fourth-order valence-electron chi connectivity index (χ4n) is 2.95. The van der Waals surface area contributed by atoms with Crippen LogP contribution in [0.2, 0.25) is 5.02 Å². The van der Waals surface area contributed by atoms with Gasteiger partial charge in [-0.25, -0.2) is 4.79 Å². The predicted molar refractivity (Wildman–Crippen MR) is 97.2 cm³/mol. The average Bonchev–Trinajstić information content (AvgIpc) is 3.25. The van der Waals surface area contributed by atoms with Crippen LogP contribution in [0.1, 0.15) is 24.7 Å². The molecule has 2 N–H and O–H groups in total. The Labute approximate surface area is 155 Å².